The summed E-state index contributed by atoms with van der Waals surface area (Å²) in [4.78, 5) is 4.19. The molecule has 0 spiro atoms. The maximum absolute atomic E-state index is 10.0. The topological polar surface area (TPSA) is 33.1 Å². The van der Waals surface area contributed by atoms with Crippen LogP contribution in [0.5, 0.6) is 0 Å². The molecule has 0 amide bonds. The molecular weight excluding hydrogens is 346 g/mol. The lowest BCUT2D eigenvalue weighted by atomic mass is 10.1. The number of benzene rings is 1. The van der Waals surface area contributed by atoms with E-state index in [0.717, 1.165) is 14.5 Å². The van der Waals surface area contributed by atoms with E-state index in [-0.39, 0.29) is 0 Å². The molecule has 2 aromatic rings. The van der Waals surface area contributed by atoms with E-state index in [1.165, 1.54) is 0 Å². The Morgan fingerprint density at radius 3 is 2.24 bits per heavy atom. The summed E-state index contributed by atoms with van der Waals surface area (Å²) in [6, 6.07) is 11.6. The van der Waals surface area contributed by atoms with Crippen LogP contribution in [-0.4, -0.2) is 10.1 Å². The predicted octanol–water partition coefficient (Wildman–Crippen LogP) is 3.88. The second-order valence-corrected chi connectivity index (χ2v) is 5.58. The van der Waals surface area contributed by atoms with Gasteiger partial charge in [-0.2, -0.15) is 0 Å². The lowest BCUT2D eigenvalue weighted by Crippen LogP contribution is -2.03. The number of nitrogens with zero attached hydrogens (tertiary/aromatic N) is 1. The van der Waals surface area contributed by atoms with Gasteiger partial charge in [0.05, 0.1) is 11.8 Å². The van der Waals surface area contributed by atoms with Crippen LogP contribution in [0.1, 0.15) is 17.4 Å². The molecule has 2 nitrogen and oxygen atoms in total. The molecule has 17 heavy (non-hydrogen) atoms. The highest BCUT2D eigenvalue weighted by Gasteiger charge is 2.09. The third kappa shape index (κ3) is 3.63. The summed E-state index contributed by atoms with van der Waals surface area (Å²) in [5, 5.41) is 10.0. The molecule has 0 aliphatic heterocycles. The van der Waals surface area contributed by atoms with Crippen molar-refractivity contribution >= 4 is 31.9 Å². The van der Waals surface area contributed by atoms with Crippen LogP contribution < -0.4 is 0 Å². The Kier molecular flexibility index (Phi) is 4.31. The first-order chi connectivity index (χ1) is 8.15. The van der Waals surface area contributed by atoms with Crippen LogP contribution in [0.4, 0.5) is 0 Å². The van der Waals surface area contributed by atoms with Crippen LogP contribution in [0.3, 0.4) is 0 Å². The number of aliphatic hydroxyl groups is 1. The van der Waals surface area contributed by atoms with Gasteiger partial charge >= 0.3 is 0 Å². The van der Waals surface area contributed by atoms with E-state index < -0.39 is 6.10 Å². The Morgan fingerprint density at radius 1 is 1.00 bits per heavy atom. The van der Waals surface area contributed by atoms with Crippen molar-refractivity contribution in [1.82, 2.24) is 4.98 Å². The number of halogens is 2. The van der Waals surface area contributed by atoms with Crippen molar-refractivity contribution in [2.75, 3.05) is 0 Å². The Balaban J connectivity index is 2.08. The van der Waals surface area contributed by atoms with Crippen LogP contribution in [-0.2, 0) is 6.42 Å². The molecule has 0 aliphatic carbocycles. The molecule has 0 fully saturated rings. The smallest absolute Gasteiger partial charge is 0.0999 e. The SMILES string of the molecule is OC(Cc1ccc(Br)cc1)c1ccc(Br)cn1. The largest absolute Gasteiger partial charge is 0.386 e. The molecule has 1 N–H and O–H groups in total. The predicted molar refractivity (Wildman–Crippen MR) is 74.7 cm³/mol. The van der Waals surface area contributed by atoms with Gasteiger partial charge in [-0.3, -0.25) is 4.98 Å². The van der Waals surface area contributed by atoms with Gasteiger partial charge < -0.3 is 5.11 Å². The van der Waals surface area contributed by atoms with E-state index in [1.54, 1.807) is 6.20 Å². The minimum Gasteiger partial charge on any atom is -0.386 e. The van der Waals surface area contributed by atoms with Crippen molar-refractivity contribution in [3.8, 4) is 0 Å². The lowest BCUT2D eigenvalue weighted by molar-refractivity contribution is 0.173. The fourth-order valence-corrected chi connectivity index (χ4v) is 2.03. The minimum absolute atomic E-state index is 0.565. The van der Waals surface area contributed by atoms with Gasteiger partial charge in [0.25, 0.3) is 0 Å². The van der Waals surface area contributed by atoms with Gasteiger partial charge in [-0.05, 0) is 45.8 Å². The maximum atomic E-state index is 10.0. The maximum Gasteiger partial charge on any atom is 0.0999 e. The Hall–Kier alpha value is -0.710. The number of hydrogen-bond acceptors (Lipinski definition) is 2. The standard InChI is InChI=1S/C13H11Br2NO/c14-10-3-1-9(2-4-10)7-13(17)12-6-5-11(15)8-16-12/h1-6,8,13,17H,7H2. The number of aromatic nitrogens is 1. The molecule has 0 radical (unpaired) electrons. The Labute approximate surface area is 117 Å². The summed E-state index contributed by atoms with van der Waals surface area (Å²) in [7, 11) is 0. The number of aliphatic hydroxyl groups excluding tert-OH is 1. The van der Waals surface area contributed by atoms with Crippen LogP contribution >= 0.6 is 31.9 Å². The van der Waals surface area contributed by atoms with Crippen molar-refractivity contribution in [3.05, 3.63) is 62.8 Å². The normalized spacial score (nSPS) is 12.4. The number of hydrogen-bond donors (Lipinski definition) is 1. The molecule has 88 valence electrons. The Bertz CT molecular complexity index is 482. The molecule has 4 heteroatoms. The molecule has 2 rings (SSSR count). The molecule has 1 aromatic carbocycles. The first-order valence-corrected chi connectivity index (χ1v) is 6.78. The second kappa shape index (κ2) is 5.76. The summed E-state index contributed by atoms with van der Waals surface area (Å²) in [5.41, 5.74) is 1.78. The second-order valence-electron chi connectivity index (χ2n) is 3.75. The minimum atomic E-state index is -0.565. The molecule has 0 aliphatic rings. The van der Waals surface area contributed by atoms with Gasteiger partial charge in [-0.1, -0.05) is 28.1 Å². The van der Waals surface area contributed by atoms with Crippen LogP contribution in [0, 0.1) is 0 Å². The van der Waals surface area contributed by atoms with E-state index in [1.807, 2.05) is 36.4 Å². The molecule has 0 saturated heterocycles. The van der Waals surface area contributed by atoms with Crippen molar-refractivity contribution in [2.24, 2.45) is 0 Å². The zero-order chi connectivity index (χ0) is 12.3. The summed E-state index contributed by atoms with van der Waals surface area (Å²) >= 11 is 6.70. The molecule has 1 atom stereocenters. The first kappa shape index (κ1) is 12.7. The number of pyridine rings is 1. The summed E-state index contributed by atoms with van der Waals surface area (Å²) in [6.07, 6.45) is 1.70. The Morgan fingerprint density at radius 2 is 1.65 bits per heavy atom. The van der Waals surface area contributed by atoms with Gasteiger partial charge in [-0.25, -0.2) is 0 Å². The summed E-state index contributed by atoms with van der Waals surface area (Å²) < 4.78 is 1.95. The van der Waals surface area contributed by atoms with E-state index in [9.17, 15) is 5.11 Å². The highest BCUT2D eigenvalue weighted by molar-refractivity contribution is 9.10. The monoisotopic (exact) mass is 355 g/mol. The zero-order valence-electron chi connectivity index (χ0n) is 8.98. The molecule has 0 saturated carbocycles. The van der Waals surface area contributed by atoms with Gasteiger partial charge in [-0.15, -0.1) is 0 Å². The molecule has 1 heterocycles. The molecule has 1 aromatic heterocycles. The highest BCUT2D eigenvalue weighted by Crippen LogP contribution is 2.19. The van der Waals surface area contributed by atoms with Gasteiger partial charge in [0.15, 0.2) is 0 Å². The zero-order valence-corrected chi connectivity index (χ0v) is 12.1. The fraction of sp³-hybridized carbons (Fsp3) is 0.154. The van der Waals surface area contributed by atoms with Crippen molar-refractivity contribution in [3.63, 3.8) is 0 Å². The van der Waals surface area contributed by atoms with Crippen LogP contribution in [0.25, 0.3) is 0 Å². The fourth-order valence-electron chi connectivity index (χ4n) is 1.53. The van der Waals surface area contributed by atoms with Crippen molar-refractivity contribution in [1.29, 1.82) is 0 Å². The molecular formula is C13H11Br2NO. The van der Waals surface area contributed by atoms with Crippen molar-refractivity contribution in [2.45, 2.75) is 12.5 Å². The first-order valence-electron chi connectivity index (χ1n) is 5.19. The quantitative estimate of drug-likeness (QED) is 0.905. The average molecular weight is 357 g/mol. The summed E-state index contributed by atoms with van der Waals surface area (Å²) in [5.74, 6) is 0. The van der Waals surface area contributed by atoms with E-state index in [0.29, 0.717) is 12.1 Å². The van der Waals surface area contributed by atoms with Crippen molar-refractivity contribution < 1.29 is 5.11 Å². The third-order valence-electron chi connectivity index (χ3n) is 2.43. The molecule has 0 bridgehead atoms. The van der Waals surface area contributed by atoms with Gasteiger partial charge in [0, 0.05) is 21.6 Å². The highest BCUT2D eigenvalue weighted by atomic mass is 79.9. The van der Waals surface area contributed by atoms with Crippen LogP contribution in [0.2, 0.25) is 0 Å². The molecule has 1 unspecified atom stereocenters. The third-order valence-corrected chi connectivity index (χ3v) is 3.43. The van der Waals surface area contributed by atoms with E-state index in [2.05, 4.69) is 36.8 Å². The number of rotatable bonds is 3. The van der Waals surface area contributed by atoms with Gasteiger partial charge in [0.1, 0.15) is 0 Å². The lowest BCUT2D eigenvalue weighted by Gasteiger charge is -2.10. The van der Waals surface area contributed by atoms with Gasteiger partial charge in [0.2, 0.25) is 0 Å². The summed E-state index contributed by atoms with van der Waals surface area (Å²) in [6.45, 7) is 0. The van der Waals surface area contributed by atoms with E-state index in [4.69, 9.17) is 0 Å². The van der Waals surface area contributed by atoms with Crippen LogP contribution in [0.15, 0.2) is 51.5 Å². The van der Waals surface area contributed by atoms with E-state index >= 15 is 0 Å². The average Bonchev–Trinajstić information content (AvgIpc) is 2.33.